The van der Waals surface area contributed by atoms with Gasteiger partial charge in [-0.15, -0.1) is 0 Å². The highest BCUT2D eigenvalue weighted by atomic mass is 16.7. The van der Waals surface area contributed by atoms with Gasteiger partial charge in [0.15, 0.2) is 5.60 Å². The summed E-state index contributed by atoms with van der Waals surface area (Å²) in [4.78, 5) is 5.52. The van der Waals surface area contributed by atoms with Crippen molar-refractivity contribution in [2.75, 3.05) is 13.2 Å². The predicted octanol–water partition coefficient (Wildman–Crippen LogP) is 2.95. The fourth-order valence-electron chi connectivity index (χ4n) is 4.25. The van der Waals surface area contributed by atoms with Gasteiger partial charge in [-0.05, 0) is 25.3 Å². The van der Waals surface area contributed by atoms with Crippen LogP contribution in [-0.4, -0.2) is 44.5 Å². The van der Waals surface area contributed by atoms with E-state index >= 15 is 0 Å². The number of aromatic nitrogens is 2. The van der Waals surface area contributed by atoms with Crippen LogP contribution in [0.3, 0.4) is 0 Å². The van der Waals surface area contributed by atoms with Crippen LogP contribution in [0.15, 0.2) is 23.4 Å². The molecule has 0 saturated heterocycles. The lowest BCUT2D eigenvalue weighted by atomic mass is 9.92. The highest BCUT2D eigenvalue weighted by molar-refractivity contribution is 6.04. The maximum Gasteiger partial charge on any atom is 0.168 e. The number of hydrogen-bond donors (Lipinski definition) is 2. The van der Waals surface area contributed by atoms with Gasteiger partial charge in [0, 0.05) is 30.4 Å². The molecule has 2 N–H and O–H groups in total. The molecule has 6 heteroatoms. The van der Waals surface area contributed by atoms with Gasteiger partial charge in [0.1, 0.15) is 0 Å². The number of fused-ring (bicyclic) bond motifs is 1. The number of aliphatic hydroxyl groups excluding tert-OH is 2. The van der Waals surface area contributed by atoms with Crippen LogP contribution in [0, 0.1) is 0 Å². The van der Waals surface area contributed by atoms with E-state index in [1.165, 1.54) is 31.1 Å². The zero-order valence-corrected chi connectivity index (χ0v) is 15.3. The van der Waals surface area contributed by atoms with Crippen LogP contribution in [0.1, 0.15) is 62.7 Å². The van der Waals surface area contributed by atoms with Crippen molar-refractivity contribution in [1.82, 2.24) is 9.78 Å². The standard InChI is InChI=1S/C20H27N3O3/c1-2-17-16-8-7-14(18-12-20(13-25,9-10-24)26-22-18)11-19(16)23(21-17)15-5-3-4-6-15/h7-8,11,15,24-25H,2-6,9-10,12-13H2,1H3. The summed E-state index contributed by atoms with van der Waals surface area (Å²) in [6, 6.07) is 6.85. The van der Waals surface area contributed by atoms with Crippen molar-refractivity contribution in [3.8, 4) is 0 Å². The molecule has 1 aromatic carbocycles. The first-order valence-corrected chi connectivity index (χ1v) is 9.68. The first-order chi connectivity index (χ1) is 12.7. The van der Waals surface area contributed by atoms with Gasteiger partial charge in [0.05, 0.1) is 29.6 Å². The van der Waals surface area contributed by atoms with Crippen molar-refractivity contribution in [2.24, 2.45) is 5.16 Å². The molecule has 0 radical (unpaired) electrons. The molecule has 1 atom stereocenters. The summed E-state index contributed by atoms with van der Waals surface area (Å²) in [6.07, 6.45) is 6.73. The van der Waals surface area contributed by atoms with Crippen LogP contribution < -0.4 is 0 Å². The average Bonchev–Trinajstić information content (AvgIpc) is 3.40. The van der Waals surface area contributed by atoms with E-state index in [1.807, 2.05) is 0 Å². The number of oxime groups is 1. The topological polar surface area (TPSA) is 79.9 Å². The molecule has 1 fully saturated rings. The average molecular weight is 357 g/mol. The second-order valence-electron chi connectivity index (χ2n) is 7.54. The van der Waals surface area contributed by atoms with E-state index in [2.05, 4.69) is 35.0 Å². The molecule has 0 bridgehead atoms. The minimum Gasteiger partial charge on any atom is -0.396 e. The van der Waals surface area contributed by atoms with Gasteiger partial charge in [0.2, 0.25) is 0 Å². The Hall–Kier alpha value is -1.92. The van der Waals surface area contributed by atoms with Crippen molar-refractivity contribution in [2.45, 2.75) is 63.5 Å². The molecular formula is C20H27N3O3. The SMILES string of the molecule is CCc1nn(C2CCCC2)c2cc(C3=NOC(CO)(CCO)C3)ccc12. The molecule has 0 amide bonds. The van der Waals surface area contributed by atoms with Gasteiger partial charge in [-0.1, -0.05) is 37.1 Å². The Bertz CT molecular complexity index is 823. The molecule has 6 nitrogen and oxygen atoms in total. The van der Waals surface area contributed by atoms with E-state index < -0.39 is 5.60 Å². The van der Waals surface area contributed by atoms with Crippen molar-refractivity contribution in [1.29, 1.82) is 0 Å². The Balaban J connectivity index is 1.70. The summed E-state index contributed by atoms with van der Waals surface area (Å²) in [5, 5.41) is 29.3. The minimum absolute atomic E-state index is 0.0310. The Kier molecular flexibility index (Phi) is 4.71. The molecule has 1 aliphatic carbocycles. The van der Waals surface area contributed by atoms with Crippen LogP contribution in [0.5, 0.6) is 0 Å². The second-order valence-corrected chi connectivity index (χ2v) is 7.54. The molecule has 2 heterocycles. The van der Waals surface area contributed by atoms with Gasteiger partial charge >= 0.3 is 0 Å². The Morgan fingerprint density at radius 2 is 2.08 bits per heavy atom. The summed E-state index contributed by atoms with van der Waals surface area (Å²) in [5.41, 5.74) is 3.35. The smallest absolute Gasteiger partial charge is 0.168 e. The third-order valence-electron chi connectivity index (χ3n) is 5.82. The maximum absolute atomic E-state index is 9.68. The van der Waals surface area contributed by atoms with Gasteiger partial charge in [0.25, 0.3) is 0 Å². The van der Waals surface area contributed by atoms with E-state index in [9.17, 15) is 10.2 Å². The van der Waals surface area contributed by atoms with Gasteiger partial charge in [-0.25, -0.2) is 0 Å². The number of rotatable bonds is 6. The maximum atomic E-state index is 9.68. The van der Waals surface area contributed by atoms with Crippen LogP contribution in [0.4, 0.5) is 0 Å². The normalized spacial score (nSPS) is 23.6. The summed E-state index contributed by atoms with van der Waals surface area (Å²) in [6.45, 7) is 1.97. The molecule has 1 aliphatic heterocycles. The largest absolute Gasteiger partial charge is 0.396 e. The highest BCUT2D eigenvalue weighted by Crippen LogP contribution is 2.35. The van der Waals surface area contributed by atoms with Crippen LogP contribution in [0.25, 0.3) is 10.9 Å². The van der Waals surface area contributed by atoms with Crippen molar-refractivity contribution < 1.29 is 15.1 Å². The summed E-state index contributed by atoms with van der Waals surface area (Å²) in [7, 11) is 0. The van der Waals surface area contributed by atoms with Crippen LogP contribution in [0.2, 0.25) is 0 Å². The fourth-order valence-corrected chi connectivity index (χ4v) is 4.25. The Morgan fingerprint density at radius 1 is 1.27 bits per heavy atom. The van der Waals surface area contributed by atoms with Crippen molar-refractivity contribution >= 4 is 16.6 Å². The van der Waals surface area contributed by atoms with Crippen molar-refractivity contribution in [3.63, 3.8) is 0 Å². The molecule has 1 unspecified atom stereocenters. The molecule has 140 valence electrons. The lowest BCUT2D eigenvalue weighted by Gasteiger charge is -2.22. The number of hydrogen-bond acceptors (Lipinski definition) is 5. The van der Waals surface area contributed by atoms with Gasteiger partial charge in [-0.3, -0.25) is 4.68 Å². The number of nitrogens with zero attached hydrogens (tertiary/aromatic N) is 3. The molecule has 4 rings (SSSR count). The molecule has 1 aromatic heterocycles. The van der Waals surface area contributed by atoms with E-state index in [4.69, 9.17) is 9.94 Å². The van der Waals surface area contributed by atoms with E-state index in [0.717, 1.165) is 28.9 Å². The van der Waals surface area contributed by atoms with Gasteiger partial charge < -0.3 is 15.1 Å². The third kappa shape index (κ3) is 2.91. The monoisotopic (exact) mass is 357 g/mol. The fraction of sp³-hybridized carbons (Fsp3) is 0.600. The number of aliphatic hydroxyl groups is 2. The summed E-state index contributed by atoms with van der Waals surface area (Å²) < 4.78 is 2.22. The van der Waals surface area contributed by atoms with Crippen molar-refractivity contribution in [3.05, 3.63) is 29.5 Å². The molecule has 26 heavy (non-hydrogen) atoms. The quantitative estimate of drug-likeness (QED) is 0.833. The zero-order chi connectivity index (χ0) is 18.1. The molecule has 1 saturated carbocycles. The molecule has 2 aromatic rings. The Morgan fingerprint density at radius 3 is 2.77 bits per heavy atom. The van der Waals surface area contributed by atoms with E-state index in [-0.39, 0.29) is 13.2 Å². The molecular weight excluding hydrogens is 330 g/mol. The van der Waals surface area contributed by atoms with Crippen LogP contribution >= 0.6 is 0 Å². The molecule has 0 spiro atoms. The second kappa shape index (κ2) is 7.00. The Labute approximate surface area is 153 Å². The number of benzene rings is 1. The molecule has 2 aliphatic rings. The van der Waals surface area contributed by atoms with E-state index in [0.29, 0.717) is 18.9 Å². The highest BCUT2D eigenvalue weighted by Gasteiger charge is 2.38. The minimum atomic E-state index is -0.792. The first-order valence-electron chi connectivity index (χ1n) is 9.68. The lowest BCUT2D eigenvalue weighted by Crippen LogP contribution is -2.34. The summed E-state index contributed by atoms with van der Waals surface area (Å²) in [5.74, 6) is 0. The van der Waals surface area contributed by atoms with Gasteiger partial charge in [-0.2, -0.15) is 5.10 Å². The zero-order valence-electron chi connectivity index (χ0n) is 15.3. The first kappa shape index (κ1) is 17.5. The number of aryl methyl sites for hydroxylation is 1. The lowest BCUT2D eigenvalue weighted by molar-refractivity contribution is -0.0697. The third-order valence-corrected chi connectivity index (χ3v) is 5.82. The predicted molar refractivity (Wildman–Crippen MR) is 100 cm³/mol. The summed E-state index contributed by atoms with van der Waals surface area (Å²) >= 11 is 0. The van der Waals surface area contributed by atoms with E-state index in [1.54, 1.807) is 0 Å². The van der Waals surface area contributed by atoms with Crippen LogP contribution in [-0.2, 0) is 11.3 Å².